The number of unbranched alkanes of at least 4 members (excludes halogenated alkanes) is 1. The van der Waals surface area contributed by atoms with E-state index in [-0.39, 0.29) is 0 Å². The van der Waals surface area contributed by atoms with Gasteiger partial charge < -0.3 is 5.73 Å². The highest BCUT2D eigenvalue weighted by atomic mass is 19.4. The smallest absolute Gasteiger partial charge is 0.330 e. The predicted molar refractivity (Wildman–Crippen MR) is 81.5 cm³/mol. The zero-order valence-electron chi connectivity index (χ0n) is 13.4. The number of rotatable bonds is 5. The molecule has 2 N–H and O–H groups in total. The number of benzene rings is 1. The Morgan fingerprint density at radius 1 is 1.05 bits per heavy atom. The highest BCUT2D eigenvalue weighted by Gasteiger charge is 2.38. The molecule has 0 aromatic heterocycles. The lowest BCUT2D eigenvalue weighted by molar-refractivity contribution is -0.139. The van der Waals surface area contributed by atoms with Gasteiger partial charge in [-0.1, -0.05) is 39.8 Å². The average Bonchev–Trinajstić information content (AvgIpc) is 2.35. The van der Waals surface area contributed by atoms with Crippen molar-refractivity contribution in [1.82, 2.24) is 0 Å². The highest BCUT2D eigenvalue weighted by molar-refractivity contribution is 5.44. The second-order valence-electron chi connectivity index (χ2n) is 6.52. The van der Waals surface area contributed by atoms with Crippen LogP contribution in [0, 0.1) is 0 Å². The van der Waals surface area contributed by atoms with Crippen LogP contribution in [0.1, 0.15) is 62.8 Å². The number of aryl methyl sites for hydroxylation is 2. The van der Waals surface area contributed by atoms with Crippen molar-refractivity contribution in [1.29, 1.82) is 0 Å². The third-order valence-electron chi connectivity index (χ3n) is 3.67. The summed E-state index contributed by atoms with van der Waals surface area (Å²) in [5.74, 6) is 0. The largest absolute Gasteiger partial charge is 0.416 e. The molecule has 4 heteroatoms. The van der Waals surface area contributed by atoms with Crippen LogP contribution in [0.15, 0.2) is 12.1 Å². The lowest BCUT2D eigenvalue weighted by Gasteiger charge is -2.27. The zero-order valence-corrected chi connectivity index (χ0v) is 13.4. The molecule has 0 aliphatic carbocycles. The van der Waals surface area contributed by atoms with Crippen LogP contribution in [-0.4, -0.2) is 6.54 Å². The molecule has 0 radical (unpaired) electrons. The van der Waals surface area contributed by atoms with E-state index in [0.717, 1.165) is 24.8 Å². The van der Waals surface area contributed by atoms with Gasteiger partial charge in [-0.05, 0) is 54.3 Å². The van der Waals surface area contributed by atoms with Crippen molar-refractivity contribution >= 4 is 0 Å². The molecule has 0 bridgehead atoms. The summed E-state index contributed by atoms with van der Waals surface area (Å²) in [5, 5.41) is 0. The zero-order chi connectivity index (χ0) is 16.3. The normalized spacial score (nSPS) is 12.8. The Morgan fingerprint density at radius 2 is 1.67 bits per heavy atom. The van der Waals surface area contributed by atoms with Crippen LogP contribution in [-0.2, 0) is 24.4 Å². The van der Waals surface area contributed by atoms with Gasteiger partial charge in [0.1, 0.15) is 0 Å². The van der Waals surface area contributed by atoms with Crippen LogP contribution in [0.4, 0.5) is 13.2 Å². The first-order valence-corrected chi connectivity index (χ1v) is 7.54. The molecule has 0 aliphatic heterocycles. The molecule has 0 amide bonds. The second kappa shape index (κ2) is 6.82. The van der Waals surface area contributed by atoms with E-state index in [1.165, 1.54) is 0 Å². The van der Waals surface area contributed by atoms with Crippen LogP contribution in [0.2, 0.25) is 0 Å². The second-order valence-corrected chi connectivity index (χ2v) is 6.52. The maximum absolute atomic E-state index is 13.4. The Bertz CT molecular complexity index is 470. The Balaban J connectivity index is 3.37. The molecule has 1 nitrogen and oxygen atoms in total. The van der Waals surface area contributed by atoms with Crippen LogP contribution in [0.3, 0.4) is 0 Å². The number of hydrogen-bond acceptors (Lipinski definition) is 1. The molecular formula is C17H26F3N. The van der Waals surface area contributed by atoms with Gasteiger partial charge in [0, 0.05) is 0 Å². The third-order valence-corrected chi connectivity index (χ3v) is 3.67. The van der Waals surface area contributed by atoms with E-state index < -0.39 is 17.2 Å². The molecule has 0 spiro atoms. The summed E-state index contributed by atoms with van der Waals surface area (Å²) < 4.78 is 40.3. The van der Waals surface area contributed by atoms with Crippen molar-refractivity contribution < 1.29 is 13.2 Å². The first-order chi connectivity index (χ1) is 9.61. The highest BCUT2D eigenvalue weighted by Crippen LogP contribution is 2.40. The Labute approximate surface area is 125 Å². The molecule has 0 unspecified atom stereocenters. The number of nitrogens with two attached hydrogens (primary N) is 1. The fourth-order valence-corrected chi connectivity index (χ4v) is 2.59. The van der Waals surface area contributed by atoms with E-state index in [1.54, 1.807) is 19.1 Å². The third kappa shape index (κ3) is 4.73. The number of alkyl halides is 3. The molecular weight excluding hydrogens is 275 g/mol. The van der Waals surface area contributed by atoms with E-state index in [4.69, 9.17) is 5.73 Å². The lowest BCUT2D eigenvalue weighted by Crippen LogP contribution is -2.22. The van der Waals surface area contributed by atoms with E-state index in [2.05, 4.69) is 0 Å². The summed E-state index contributed by atoms with van der Waals surface area (Å²) in [5.41, 5.74) is 6.29. The van der Waals surface area contributed by atoms with Gasteiger partial charge in [0.05, 0.1) is 5.56 Å². The molecule has 0 fully saturated rings. The maximum Gasteiger partial charge on any atom is 0.416 e. The van der Waals surface area contributed by atoms with Gasteiger partial charge in [0.2, 0.25) is 0 Å². The van der Waals surface area contributed by atoms with Crippen molar-refractivity contribution in [2.75, 3.05) is 6.54 Å². The molecule has 0 aliphatic rings. The minimum absolute atomic E-state index is 0.392. The minimum Gasteiger partial charge on any atom is -0.330 e. The van der Waals surface area contributed by atoms with Crippen molar-refractivity contribution in [2.24, 2.45) is 5.73 Å². The summed E-state index contributed by atoms with van der Waals surface area (Å²) in [6, 6.07) is 3.45. The van der Waals surface area contributed by atoms with Crippen LogP contribution in [0.25, 0.3) is 0 Å². The Morgan fingerprint density at radius 3 is 2.10 bits per heavy atom. The Kier molecular flexibility index (Phi) is 5.85. The average molecular weight is 301 g/mol. The standard InChI is InChI=1S/C17H26F3N/c1-5-13-10-12(8-6-7-9-21)11-14(16(2,3)4)15(13)17(18,19)20/h10-11H,5-9,21H2,1-4H3. The molecule has 0 saturated carbocycles. The van der Waals surface area contributed by atoms with Gasteiger partial charge in [-0.2, -0.15) is 13.2 Å². The van der Waals surface area contributed by atoms with Gasteiger partial charge >= 0.3 is 6.18 Å². The predicted octanol–water partition coefficient (Wildman–Crippen LogP) is 4.85. The van der Waals surface area contributed by atoms with Gasteiger partial charge in [-0.3, -0.25) is 0 Å². The topological polar surface area (TPSA) is 26.0 Å². The SMILES string of the molecule is CCc1cc(CCCCN)cc(C(C)(C)C)c1C(F)(F)F. The van der Waals surface area contributed by atoms with Gasteiger partial charge in [-0.25, -0.2) is 0 Å². The van der Waals surface area contributed by atoms with E-state index >= 15 is 0 Å². The maximum atomic E-state index is 13.4. The quantitative estimate of drug-likeness (QED) is 0.773. The first-order valence-electron chi connectivity index (χ1n) is 7.54. The molecule has 0 atom stereocenters. The number of halogens is 3. The van der Waals surface area contributed by atoms with E-state index in [9.17, 15) is 13.2 Å². The fourth-order valence-electron chi connectivity index (χ4n) is 2.59. The lowest BCUT2D eigenvalue weighted by atomic mass is 9.80. The van der Waals surface area contributed by atoms with Gasteiger partial charge in [-0.15, -0.1) is 0 Å². The van der Waals surface area contributed by atoms with Crippen molar-refractivity contribution in [3.63, 3.8) is 0 Å². The monoisotopic (exact) mass is 301 g/mol. The number of hydrogen-bond donors (Lipinski definition) is 1. The molecule has 120 valence electrons. The van der Waals surface area contributed by atoms with Crippen molar-refractivity contribution in [3.05, 3.63) is 34.4 Å². The molecule has 1 aromatic carbocycles. The molecule has 0 heterocycles. The summed E-state index contributed by atoms with van der Waals surface area (Å²) in [4.78, 5) is 0. The van der Waals surface area contributed by atoms with Gasteiger partial charge in [0.25, 0.3) is 0 Å². The molecule has 21 heavy (non-hydrogen) atoms. The summed E-state index contributed by atoms with van der Waals surface area (Å²) in [6.45, 7) is 7.90. The van der Waals surface area contributed by atoms with Crippen LogP contribution >= 0.6 is 0 Å². The summed E-state index contributed by atoms with van der Waals surface area (Å²) in [7, 11) is 0. The molecule has 1 aromatic rings. The van der Waals surface area contributed by atoms with Crippen molar-refractivity contribution in [3.8, 4) is 0 Å². The Hall–Kier alpha value is -1.03. The summed E-state index contributed by atoms with van der Waals surface area (Å²) >= 11 is 0. The van der Waals surface area contributed by atoms with E-state index in [1.807, 2.05) is 20.8 Å². The van der Waals surface area contributed by atoms with Crippen LogP contribution < -0.4 is 5.73 Å². The first kappa shape index (κ1) is 18.0. The molecule has 0 saturated heterocycles. The van der Waals surface area contributed by atoms with Crippen molar-refractivity contribution in [2.45, 2.75) is 65.0 Å². The summed E-state index contributed by atoms with van der Waals surface area (Å²) in [6.07, 6.45) is -1.32. The fraction of sp³-hybridized carbons (Fsp3) is 0.647. The van der Waals surface area contributed by atoms with Crippen LogP contribution in [0.5, 0.6) is 0 Å². The van der Waals surface area contributed by atoms with Gasteiger partial charge in [0.15, 0.2) is 0 Å². The minimum atomic E-state index is -4.30. The molecule has 1 rings (SSSR count). The van der Waals surface area contributed by atoms with E-state index in [0.29, 0.717) is 24.1 Å².